The molecule has 0 unspecified atom stereocenters. The molecule has 1 aromatic heterocycles. The van der Waals surface area contributed by atoms with E-state index in [1.165, 1.54) is 5.56 Å². The van der Waals surface area contributed by atoms with Crippen LogP contribution in [0.1, 0.15) is 25.2 Å². The fraction of sp³-hybridized carbons (Fsp3) is 0.750. The smallest absolute Gasteiger partial charge is 0.118 e. The Morgan fingerprint density at radius 3 is 2.43 bits per heavy atom. The van der Waals surface area contributed by atoms with Crippen LogP contribution >= 0.6 is 0 Å². The average Bonchev–Trinajstić information content (AvgIpc) is 2.89. The quantitative estimate of drug-likeness (QED) is 0.640. The molecule has 1 heterocycles. The van der Waals surface area contributed by atoms with Crippen molar-refractivity contribution in [1.29, 1.82) is 0 Å². The molecule has 122 valence electrons. The van der Waals surface area contributed by atoms with Crippen molar-refractivity contribution in [3.05, 3.63) is 23.7 Å². The Morgan fingerprint density at radius 1 is 1.19 bits per heavy atom. The zero-order valence-electron chi connectivity index (χ0n) is 13.9. The molecule has 0 bridgehead atoms. The highest BCUT2D eigenvalue weighted by atomic mass is 16.5. The van der Waals surface area contributed by atoms with Gasteiger partial charge in [0.1, 0.15) is 5.76 Å². The van der Waals surface area contributed by atoms with E-state index in [1.54, 1.807) is 14.2 Å². The van der Waals surface area contributed by atoms with Gasteiger partial charge < -0.3 is 19.2 Å². The maximum absolute atomic E-state index is 5.65. The summed E-state index contributed by atoms with van der Waals surface area (Å²) in [6.45, 7) is 10.3. The van der Waals surface area contributed by atoms with Crippen LogP contribution in [0.25, 0.3) is 0 Å². The Labute approximate surface area is 128 Å². The fourth-order valence-electron chi connectivity index (χ4n) is 2.04. The lowest BCUT2D eigenvalue weighted by Crippen LogP contribution is -2.30. The van der Waals surface area contributed by atoms with Crippen molar-refractivity contribution in [3.63, 3.8) is 0 Å². The predicted octanol–water partition coefficient (Wildman–Crippen LogP) is 2.12. The van der Waals surface area contributed by atoms with Gasteiger partial charge in [0.2, 0.25) is 0 Å². The molecule has 0 aliphatic carbocycles. The lowest BCUT2D eigenvalue weighted by Gasteiger charge is -2.20. The second-order valence-corrected chi connectivity index (χ2v) is 5.71. The van der Waals surface area contributed by atoms with Crippen molar-refractivity contribution in [2.75, 3.05) is 47.1 Å². The molecular formula is C16H30N2O3. The minimum atomic E-state index is 0.662. The number of methoxy groups -OCH3 is 2. The maximum Gasteiger partial charge on any atom is 0.118 e. The van der Waals surface area contributed by atoms with Gasteiger partial charge in [0.25, 0.3) is 0 Å². The lowest BCUT2D eigenvalue weighted by atomic mass is 10.2. The van der Waals surface area contributed by atoms with E-state index in [1.807, 2.05) is 6.26 Å². The first-order chi connectivity index (χ1) is 10.2. The molecule has 5 heteroatoms. The van der Waals surface area contributed by atoms with E-state index in [-0.39, 0.29) is 0 Å². The van der Waals surface area contributed by atoms with Gasteiger partial charge in [-0.25, -0.2) is 0 Å². The summed E-state index contributed by atoms with van der Waals surface area (Å²) in [5, 5.41) is 3.42. The molecule has 0 saturated heterocycles. The summed E-state index contributed by atoms with van der Waals surface area (Å²) in [5.74, 6) is 1.65. The van der Waals surface area contributed by atoms with Crippen LogP contribution in [0, 0.1) is 5.92 Å². The Hall–Kier alpha value is -0.880. The molecule has 0 aromatic carbocycles. The van der Waals surface area contributed by atoms with Crippen LogP contribution in [0.3, 0.4) is 0 Å². The van der Waals surface area contributed by atoms with E-state index in [0.717, 1.165) is 38.5 Å². The Bertz CT molecular complexity index is 358. The van der Waals surface area contributed by atoms with E-state index < -0.39 is 0 Å². The van der Waals surface area contributed by atoms with Crippen LogP contribution in [-0.4, -0.2) is 52.0 Å². The SMILES string of the molecule is COCCN(CCOC)Cc1cc(CNCC(C)C)co1. The summed E-state index contributed by atoms with van der Waals surface area (Å²) in [5.41, 5.74) is 1.20. The molecule has 0 spiro atoms. The number of nitrogens with one attached hydrogen (secondary N) is 1. The third kappa shape index (κ3) is 8.21. The number of ether oxygens (including phenoxy) is 2. The molecule has 5 nitrogen and oxygen atoms in total. The van der Waals surface area contributed by atoms with Crippen molar-refractivity contribution in [2.24, 2.45) is 5.92 Å². The summed E-state index contributed by atoms with van der Waals surface area (Å²) in [7, 11) is 3.44. The number of nitrogens with zero attached hydrogens (tertiary/aromatic N) is 1. The minimum absolute atomic E-state index is 0.662. The predicted molar refractivity (Wildman–Crippen MR) is 84.3 cm³/mol. The van der Waals surface area contributed by atoms with Crippen LogP contribution in [0.2, 0.25) is 0 Å². The molecule has 1 rings (SSSR count). The van der Waals surface area contributed by atoms with Gasteiger partial charge in [-0.3, -0.25) is 4.90 Å². The monoisotopic (exact) mass is 298 g/mol. The number of furan rings is 1. The highest BCUT2D eigenvalue weighted by Gasteiger charge is 2.09. The highest BCUT2D eigenvalue weighted by molar-refractivity contribution is 5.12. The van der Waals surface area contributed by atoms with Gasteiger partial charge in [-0.05, 0) is 18.5 Å². The summed E-state index contributed by atoms with van der Waals surface area (Å²) < 4.78 is 15.9. The van der Waals surface area contributed by atoms with Crippen molar-refractivity contribution >= 4 is 0 Å². The van der Waals surface area contributed by atoms with E-state index in [0.29, 0.717) is 19.1 Å². The number of hydrogen-bond acceptors (Lipinski definition) is 5. The van der Waals surface area contributed by atoms with Crippen LogP contribution in [0.5, 0.6) is 0 Å². The molecule has 0 saturated carbocycles. The molecule has 1 N–H and O–H groups in total. The molecule has 0 aliphatic rings. The first kappa shape index (κ1) is 18.2. The summed E-state index contributed by atoms with van der Waals surface area (Å²) in [6, 6.07) is 2.12. The highest BCUT2D eigenvalue weighted by Crippen LogP contribution is 2.11. The van der Waals surface area contributed by atoms with Crippen LogP contribution in [-0.2, 0) is 22.6 Å². The maximum atomic E-state index is 5.65. The van der Waals surface area contributed by atoms with Gasteiger partial charge in [-0.1, -0.05) is 13.8 Å². The zero-order valence-corrected chi connectivity index (χ0v) is 13.9. The number of hydrogen-bond donors (Lipinski definition) is 1. The van der Waals surface area contributed by atoms with E-state index in [4.69, 9.17) is 13.9 Å². The van der Waals surface area contributed by atoms with Crippen LogP contribution in [0.15, 0.2) is 16.7 Å². The summed E-state index contributed by atoms with van der Waals surface area (Å²) in [4.78, 5) is 2.27. The largest absolute Gasteiger partial charge is 0.468 e. The van der Waals surface area contributed by atoms with Crippen LogP contribution < -0.4 is 5.32 Å². The van der Waals surface area contributed by atoms with E-state index in [9.17, 15) is 0 Å². The fourth-order valence-corrected chi connectivity index (χ4v) is 2.04. The average molecular weight is 298 g/mol. The van der Waals surface area contributed by atoms with Gasteiger partial charge in [0.15, 0.2) is 0 Å². The second-order valence-electron chi connectivity index (χ2n) is 5.71. The minimum Gasteiger partial charge on any atom is -0.468 e. The standard InChI is InChI=1S/C16H30N2O3/c1-14(2)10-17-11-15-9-16(21-13-15)12-18(5-7-19-3)6-8-20-4/h9,13-14,17H,5-8,10-12H2,1-4H3. The molecule has 21 heavy (non-hydrogen) atoms. The second kappa shape index (κ2) is 10.8. The van der Waals surface area contributed by atoms with Gasteiger partial charge >= 0.3 is 0 Å². The summed E-state index contributed by atoms with van der Waals surface area (Å²) in [6.07, 6.45) is 1.84. The molecule has 1 aromatic rings. The van der Waals surface area contributed by atoms with Crippen molar-refractivity contribution in [1.82, 2.24) is 10.2 Å². The molecule has 0 amide bonds. The molecule has 0 aliphatic heterocycles. The molecule has 0 fully saturated rings. The van der Waals surface area contributed by atoms with Gasteiger partial charge in [-0.15, -0.1) is 0 Å². The van der Waals surface area contributed by atoms with Crippen LogP contribution in [0.4, 0.5) is 0 Å². The normalized spacial score (nSPS) is 11.7. The summed E-state index contributed by atoms with van der Waals surface area (Å²) >= 11 is 0. The Balaban J connectivity index is 2.41. The first-order valence-corrected chi connectivity index (χ1v) is 7.63. The number of rotatable bonds is 12. The lowest BCUT2D eigenvalue weighted by molar-refractivity contribution is 0.106. The van der Waals surface area contributed by atoms with Crippen molar-refractivity contribution < 1.29 is 13.9 Å². The van der Waals surface area contributed by atoms with Gasteiger partial charge in [-0.2, -0.15) is 0 Å². The zero-order chi connectivity index (χ0) is 15.5. The van der Waals surface area contributed by atoms with Gasteiger partial charge in [0.05, 0.1) is 26.0 Å². The van der Waals surface area contributed by atoms with Crippen molar-refractivity contribution in [3.8, 4) is 0 Å². The van der Waals surface area contributed by atoms with E-state index in [2.05, 4.69) is 30.1 Å². The van der Waals surface area contributed by atoms with Gasteiger partial charge in [0, 0.05) is 39.4 Å². The molecule has 0 radical (unpaired) electrons. The third-order valence-corrected chi connectivity index (χ3v) is 3.19. The Morgan fingerprint density at radius 2 is 1.86 bits per heavy atom. The first-order valence-electron chi connectivity index (χ1n) is 7.63. The molecular weight excluding hydrogens is 268 g/mol. The van der Waals surface area contributed by atoms with E-state index >= 15 is 0 Å². The molecule has 0 atom stereocenters. The third-order valence-electron chi connectivity index (χ3n) is 3.19. The Kier molecular flexibility index (Phi) is 9.34. The topological polar surface area (TPSA) is 46.9 Å². The van der Waals surface area contributed by atoms with Crippen molar-refractivity contribution in [2.45, 2.75) is 26.9 Å².